The summed E-state index contributed by atoms with van der Waals surface area (Å²) >= 11 is 0. The number of hydrogen-bond acceptors (Lipinski definition) is 4. The van der Waals surface area contributed by atoms with E-state index in [2.05, 4.69) is 0 Å². The van der Waals surface area contributed by atoms with Crippen LogP contribution in [0.25, 0.3) is 0 Å². The Morgan fingerprint density at radius 2 is 2.14 bits per heavy atom. The summed E-state index contributed by atoms with van der Waals surface area (Å²) in [6.07, 6.45) is 2.92. The number of hydrogen-bond donors (Lipinski definition) is 1. The molecule has 0 spiro atoms. The molecule has 0 aromatic heterocycles. The van der Waals surface area contributed by atoms with Gasteiger partial charge in [0.1, 0.15) is 0 Å². The van der Waals surface area contributed by atoms with E-state index in [9.17, 15) is 9.90 Å². The number of likely N-dealkylation sites (tertiary alicyclic amines) is 1. The topological polar surface area (TPSA) is 49.8 Å². The molecule has 0 radical (unpaired) electrons. The van der Waals surface area contributed by atoms with Crippen molar-refractivity contribution in [3.8, 4) is 0 Å². The maximum absolute atomic E-state index is 11.3. The van der Waals surface area contributed by atoms with Crippen LogP contribution in [0.15, 0.2) is 0 Å². The summed E-state index contributed by atoms with van der Waals surface area (Å²) in [6.45, 7) is 4.04. The molecule has 14 heavy (non-hydrogen) atoms. The minimum Gasteiger partial charge on any atom is -0.463 e. The van der Waals surface area contributed by atoms with Crippen LogP contribution in [0.5, 0.6) is 0 Å². The number of unbranched alkanes of at least 4 members (excludes halogenated alkanes) is 1. The Kier molecular flexibility index (Phi) is 4.90. The first-order chi connectivity index (χ1) is 6.75. The van der Waals surface area contributed by atoms with E-state index < -0.39 is 12.2 Å². The summed E-state index contributed by atoms with van der Waals surface area (Å²) < 4.78 is 4.93. The van der Waals surface area contributed by atoms with Gasteiger partial charge in [-0.05, 0) is 19.3 Å². The van der Waals surface area contributed by atoms with Crippen LogP contribution in [-0.4, -0.2) is 41.9 Å². The fraction of sp³-hybridized carbons (Fsp3) is 0.900. The Balaban J connectivity index is 2.21. The van der Waals surface area contributed by atoms with Crippen LogP contribution in [0.4, 0.5) is 0 Å². The monoisotopic (exact) mass is 201 g/mol. The summed E-state index contributed by atoms with van der Waals surface area (Å²) in [5.74, 6) is -0.500. The lowest BCUT2D eigenvalue weighted by molar-refractivity contribution is -0.163. The number of nitrogens with zero attached hydrogens (tertiary/aromatic N) is 1. The van der Waals surface area contributed by atoms with E-state index in [1.165, 1.54) is 0 Å². The molecule has 0 aromatic rings. The van der Waals surface area contributed by atoms with Gasteiger partial charge in [-0.2, -0.15) is 0 Å². The van der Waals surface area contributed by atoms with Gasteiger partial charge in [0.25, 0.3) is 0 Å². The van der Waals surface area contributed by atoms with Crippen molar-refractivity contribution in [3.05, 3.63) is 0 Å². The molecular weight excluding hydrogens is 182 g/mol. The second-order valence-electron chi connectivity index (χ2n) is 3.64. The van der Waals surface area contributed by atoms with Crippen molar-refractivity contribution in [2.75, 3.05) is 19.7 Å². The van der Waals surface area contributed by atoms with E-state index in [1.54, 1.807) is 4.90 Å². The zero-order valence-corrected chi connectivity index (χ0v) is 8.74. The van der Waals surface area contributed by atoms with Crippen LogP contribution < -0.4 is 0 Å². The first kappa shape index (κ1) is 11.5. The molecule has 4 nitrogen and oxygen atoms in total. The lowest BCUT2D eigenvalue weighted by atomic mass is 10.4. The molecule has 0 saturated carbocycles. The smallest absolute Gasteiger partial charge is 0.350 e. The molecule has 1 saturated heterocycles. The van der Waals surface area contributed by atoms with Gasteiger partial charge < -0.3 is 9.84 Å². The molecular formula is C10H19NO3. The van der Waals surface area contributed by atoms with E-state index in [4.69, 9.17) is 4.74 Å². The van der Waals surface area contributed by atoms with Crippen molar-refractivity contribution in [2.45, 2.75) is 38.8 Å². The molecule has 0 aliphatic carbocycles. The maximum Gasteiger partial charge on any atom is 0.350 e. The summed E-state index contributed by atoms with van der Waals surface area (Å²) in [5.41, 5.74) is 0. The van der Waals surface area contributed by atoms with Gasteiger partial charge in [0, 0.05) is 13.1 Å². The fourth-order valence-corrected chi connectivity index (χ4v) is 1.53. The number of carbonyl (C=O) groups excluding carboxylic acids is 1. The molecule has 82 valence electrons. The third-order valence-electron chi connectivity index (χ3n) is 2.44. The van der Waals surface area contributed by atoms with E-state index in [1.807, 2.05) is 6.92 Å². The van der Waals surface area contributed by atoms with Crippen molar-refractivity contribution >= 4 is 5.97 Å². The second kappa shape index (κ2) is 5.98. The quantitative estimate of drug-likeness (QED) is 0.526. The van der Waals surface area contributed by atoms with Crippen molar-refractivity contribution in [3.63, 3.8) is 0 Å². The number of aliphatic hydroxyl groups is 1. The normalized spacial score (nSPS) is 19.6. The summed E-state index contributed by atoms with van der Waals surface area (Å²) in [6, 6.07) is 0. The average Bonchev–Trinajstić information content (AvgIpc) is 2.69. The number of esters is 1. The van der Waals surface area contributed by atoms with Gasteiger partial charge in [0.15, 0.2) is 0 Å². The molecule has 1 aliphatic rings. The SMILES string of the molecule is CCCCOC(=O)C(O)N1CCCC1. The lowest BCUT2D eigenvalue weighted by Crippen LogP contribution is -2.40. The highest BCUT2D eigenvalue weighted by atomic mass is 16.5. The van der Waals surface area contributed by atoms with Crippen molar-refractivity contribution < 1.29 is 14.6 Å². The Morgan fingerprint density at radius 1 is 1.50 bits per heavy atom. The van der Waals surface area contributed by atoms with Crippen LogP contribution in [0.2, 0.25) is 0 Å². The molecule has 0 amide bonds. The highest BCUT2D eigenvalue weighted by molar-refractivity contribution is 5.73. The lowest BCUT2D eigenvalue weighted by Gasteiger charge is -2.20. The molecule has 1 aliphatic heterocycles. The zero-order valence-electron chi connectivity index (χ0n) is 8.74. The molecule has 0 aromatic carbocycles. The molecule has 4 heteroatoms. The Bertz CT molecular complexity index is 178. The van der Waals surface area contributed by atoms with Gasteiger partial charge >= 0.3 is 5.97 Å². The minimum absolute atomic E-state index is 0.417. The second-order valence-corrected chi connectivity index (χ2v) is 3.64. The predicted molar refractivity (Wildman–Crippen MR) is 52.7 cm³/mol. The van der Waals surface area contributed by atoms with E-state index in [-0.39, 0.29) is 0 Å². The van der Waals surface area contributed by atoms with Gasteiger partial charge in [-0.15, -0.1) is 0 Å². The first-order valence-electron chi connectivity index (χ1n) is 5.34. The highest BCUT2D eigenvalue weighted by Gasteiger charge is 2.26. The summed E-state index contributed by atoms with van der Waals surface area (Å²) in [7, 11) is 0. The molecule has 1 fully saturated rings. The predicted octanol–water partition coefficient (Wildman–Crippen LogP) is 0.744. The third kappa shape index (κ3) is 3.27. The van der Waals surface area contributed by atoms with Gasteiger partial charge in [-0.3, -0.25) is 4.90 Å². The molecule has 1 atom stereocenters. The van der Waals surface area contributed by atoms with Crippen LogP contribution in [0.1, 0.15) is 32.6 Å². The third-order valence-corrected chi connectivity index (χ3v) is 2.44. The average molecular weight is 201 g/mol. The number of carbonyl (C=O) groups is 1. The van der Waals surface area contributed by atoms with Crippen LogP contribution in [0.3, 0.4) is 0 Å². The van der Waals surface area contributed by atoms with Crippen molar-refractivity contribution in [1.29, 1.82) is 0 Å². The standard InChI is InChI=1S/C10H19NO3/c1-2-3-8-14-10(13)9(12)11-6-4-5-7-11/h9,12H,2-8H2,1H3. The fourth-order valence-electron chi connectivity index (χ4n) is 1.53. The van der Waals surface area contributed by atoms with E-state index in [0.717, 1.165) is 38.8 Å². The molecule has 1 rings (SSSR count). The van der Waals surface area contributed by atoms with E-state index >= 15 is 0 Å². The van der Waals surface area contributed by atoms with Gasteiger partial charge in [-0.25, -0.2) is 4.79 Å². The molecule has 1 heterocycles. The van der Waals surface area contributed by atoms with Crippen molar-refractivity contribution in [2.24, 2.45) is 0 Å². The van der Waals surface area contributed by atoms with Gasteiger partial charge in [0.05, 0.1) is 6.61 Å². The van der Waals surface area contributed by atoms with E-state index in [0.29, 0.717) is 6.61 Å². The first-order valence-corrected chi connectivity index (χ1v) is 5.34. The van der Waals surface area contributed by atoms with Crippen LogP contribution in [-0.2, 0) is 9.53 Å². The largest absolute Gasteiger partial charge is 0.463 e. The van der Waals surface area contributed by atoms with Crippen LogP contribution >= 0.6 is 0 Å². The number of aliphatic hydroxyl groups excluding tert-OH is 1. The summed E-state index contributed by atoms with van der Waals surface area (Å²) in [5, 5.41) is 9.57. The van der Waals surface area contributed by atoms with Crippen LogP contribution in [0, 0.1) is 0 Å². The van der Waals surface area contributed by atoms with Crippen molar-refractivity contribution in [1.82, 2.24) is 4.90 Å². The number of ether oxygens (including phenoxy) is 1. The maximum atomic E-state index is 11.3. The summed E-state index contributed by atoms with van der Waals surface area (Å²) in [4.78, 5) is 13.0. The Morgan fingerprint density at radius 3 is 2.71 bits per heavy atom. The number of rotatable bonds is 5. The highest BCUT2D eigenvalue weighted by Crippen LogP contribution is 2.11. The Labute approximate surface area is 84.8 Å². The molecule has 0 bridgehead atoms. The molecule has 1 N–H and O–H groups in total. The van der Waals surface area contributed by atoms with Gasteiger partial charge in [-0.1, -0.05) is 13.3 Å². The molecule has 1 unspecified atom stereocenters. The minimum atomic E-state index is -1.05. The Hall–Kier alpha value is -0.610. The zero-order chi connectivity index (χ0) is 10.4. The van der Waals surface area contributed by atoms with Gasteiger partial charge in [0.2, 0.25) is 6.23 Å².